The van der Waals surface area contributed by atoms with Crippen molar-refractivity contribution in [2.45, 2.75) is 12.8 Å². The summed E-state index contributed by atoms with van der Waals surface area (Å²) in [5.74, 6) is 0.203. The summed E-state index contributed by atoms with van der Waals surface area (Å²) in [5, 5.41) is 0.460. The van der Waals surface area contributed by atoms with E-state index in [9.17, 15) is 9.59 Å². The largest absolute Gasteiger partial charge is 0.463 e. The molecule has 5 heteroatoms. The Bertz CT molecular complexity index is 984. The average Bonchev–Trinajstić information content (AvgIpc) is 3.41. The van der Waals surface area contributed by atoms with E-state index in [2.05, 4.69) is 15.9 Å². The van der Waals surface area contributed by atoms with Crippen LogP contribution in [-0.2, 0) is 4.79 Å². The van der Waals surface area contributed by atoms with Crippen LogP contribution in [0.1, 0.15) is 12.8 Å². The second kappa shape index (κ2) is 5.91. The molecule has 0 saturated heterocycles. The molecule has 0 unspecified atom stereocenters. The van der Waals surface area contributed by atoms with E-state index < -0.39 is 0 Å². The van der Waals surface area contributed by atoms with Gasteiger partial charge in [-0.3, -0.25) is 9.59 Å². The maximum Gasteiger partial charge on any atom is 0.314 e. The van der Waals surface area contributed by atoms with Gasteiger partial charge in [0.2, 0.25) is 0 Å². The standard InChI is InChI=1S/C19H13BrO4/c20-13-5-3-11(4-6-13)16-10-23-17-9-14(7-8-15(17)18(16)21)24-19(22)12-1-2-12/h3-10,12H,1-2H2. The second-order valence-corrected chi connectivity index (χ2v) is 6.75. The average molecular weight is 385 g/mol. The third-order valence-electron chi connectivity index (χ3n) is 4.03. The van der Waals surface area contributed by atoms with Crippen LogP contribution in [-0.4, -0.2) is 5.97 Å². The lowest BCUT2D eigenvalue weighted by Gasteiger charge is -2.06. The summed E-state index contributed by atoms with van der Waals surface area (Å²) in [4.78, 5) is 24.4. The maximum absolute atomic E-state index is 12.7. The van der Waals surface area contributed by atoms with Crippen molar-refractivity contribution in [3.05, 3.63) is 63.4 Å². The molecule has 1 aromatic heterocycles. The topological polar surface area (TPSA) is 56.5 Å². The molecular weight excluding hydrogens is 372 g/mol. The van der Waals surface area contributed by atoms with Gasteiger partial charge < -0.3 is 9.15 Å². The summed E-state index contributed by atoms with van der Waals surface area (Å²) >= 11 is 3.38. The van der Waals surface area contributed by atoms with E-state index in [4.69, 9.17) is 9.15 Å². The number of carbonyl (C=O) groups excluding carboxylic acids is 1. The Kier molecular flexibility index (Phi) is 3.73. The summed E-state index contributed by atoms with van der Waals surface area (Å²) in [6.45, 7) is 0. The Labute approximate surface area is 146 Å². The minimum atomic E-state index is -0.219. The first kappa shape index (κ1) is 15.1. The smallest absolute Gasteiger partial charge is 0.314 e. The molecule has 0 aliphatic heterocycles. The molecule has 0 atom stereocenters. The van der Waals surface area contributed by atoms with Crippen LogP contribution in [0.2, 0.25) is 0 Å². The molecule has 0 amide bonds. The normalized spacial score (nSPS) is 13.9. The SMILES string of the molecule is O=C(Oc1ccc2c(=O)c(-c3ccc(Br)cc3)coc2c1)C1CC1. The van der Waals surface area contributed by atoms with Gasteiger partial charge >= 0.3 is 5.97 Å². The summed E-state index contributed by atoms with van der Waals surface area (Å²) in [6.07, 6.45) is 3.22. The molecule has 3 aromatic rings. The van der Waals surface area contributed by atoms with Crippen LogP contribution in [0.4, 0.5) is 0 Å². The van der Waals surface area contributed by atoms with Crippen LogP contribution >= 0.6 is 15.9 Å². The molecule has 1 saturated carbocycles. The number of benzene rings is 2. The van der Waals surface area contributed by atoms with Crippen LogP contribution in [0.3, 0.4) is 0 Å². The summed E-state index contributed by atoms with van der Waals surface area (Å²) < 4.78 is 11.9. The molecule has 2 aromatic carbocycles. The first-order valence-electron chi connectivity index (χ1n) is 7.65. The van der Waals surface area contributed by atoms with Gasteiger partial charge in [-0.05, 0) is 42.7 Å². The van der Waals surface area contributed by atoms with E-state index in [1.807, 2.05) is 24.3 Å². The summed E-state index contributed by atoms with van der Waals surface area (Å²) in [6, 6.07) is 12.3. The Morgan fingerprint density at radius 1 is 1.12 bits per heavy atom. The van der Waals surface area contributed by atoms with Crippen LogP contribution in [0.5, 0.6) is 5.75 Å². The van der Waals surface area contributed by atoms with Gasteiger partial charge in [-0.2, -0.15) is 0 Å². The Balaban J connectivity index is 1.72. The minimum Gasteiger partial charge on any atom is -0.463 e. The van der Waals surface area contributed by atoms with Gasteiger partial charge in [-0.15, -0.1) is 0 Å². The lowest BCUT2D eigenvalue weighted by atomic mass is 10.1. The fourth-order valence-electron chi connectivity index (χ4n) is 2.52. The van der Waals surface area contributed by atoms with Gasteiger partial charge in [0.1, 0.15) is 17.6 Å². The number of halogens is 1. The monoisotopic (exact) mass is 384 g/mol. The number of ether oxygens (including phenoxy) is 1. The number of carbonyl (C=O) groups is 1. The zero-order valence-corrected chi connectivity index (χ0v) is 14.2. The number of hydrogen-bond acceptors (Lipinski definition) is 4. The Morgan fingerprint density at radius 2 is 1.88 bits per heavy atom. The van der Waals surface area contributed by atoms with Gasteiger partial charge in [0, 0.05) is 10.5 Å². The molecule has 0 bridgehead atoms. The van der Waals surface area contributed by atoms with Crippen molar-refractivity contribution < 1.29 is 13.9 Å². The predicted octanol–water partition coefficient (Wildman–Crippen LogP) is 4.54. The van der Waals surface area contributed by atoms with Crippen molar-refractivity contribution >= 4 is 32.9 Å². The second-order valence-electron chi connectivity index (χ2n) is 5.84. The van der Waals surface area contributed by atoms with Crippen molar-refractivity contribution in [1.82, 2.24) is 0 Å². The van der Waals surface area contributed by atoms with Gasteiger partial charge in [0.05, 0.1) is 16.9 Å². The van der Waals surface area contributed by atoms with E-state index in [-0.39, 0.29) is 17.3 Å². The number of esters is 1. The van der Waals surface area contributed by atoms with Gasteiger partial charge in [0.15, 0.2) is 5.43 Å². The van der Waals surface area contributed by atoms with Crippen molar-refractivity contribution in [2.24, 2.45) is 5.92 Å². The first-order chi connectivity index (χ1) is 11.6. The van der Waals surface area contributed by atoms with E-state index in [1.165, 1.54) is 6.26 Å². The zero-order chi connectivity index (χ0) is 16.7. The Hall–Kier alpha value is -2.40. The number of rotatable bonds is 3. The van der Waals surface area contributed by atoms with E-state index >= 15 is 0 Å². The van der Waals surface area contributed by atoms with Crippen LogP contribution in [0.25, 0.3) is 22.1 Å². The quantitative estimate of drug-likeness (QED) is 0.491. The molecule has 4 nitrogen and oxygen atoms in total. The summed E-state index contributed by atoms with van der Waals surface area (Å²) in [7, 11) is 0. The predicted molar refractivity (Wildman–Crippen MR) is 94.0 cm³/mol. The highest BCUT2D eigenvalue weighted by molar-refractivity contribution is 9.10. The molecule has 1 aliphatic rings. The highest BCUT2D eigenvalue weighted by Crippen LogP contribution is 2.31. The van der Waals surface area contributed by atoms with Crippen molar-refractivity contribution in [1.29, 1.82) is 0 Å². The van der Waals surface area contributed by atoms with E-state index in [0.717, 1.165) is 22.9 Å². The molecule has 1 aliphatic carbocycles. The van der Waals surface area contributed by atoms with Gasteiger partial charge in [0.25, 0.3) is 0 Å². The van der Waals surface area contributed by atoms with Gasteiger partial charge in [-0.1, -0.05) is 28.1 Å². The highest BCUT2D eigenvalue weighted by Gasteiger charge is 2.31. The molecule has 1 fully saturated rings. The lowest BCUT2D eigenvalue weighted by molar-refractivity contribution is -0.135. The minimum absolute atomic E-state index is 0.0208. The molecule has 24 heavy (non-hydrogen) atoms. The highest BCUT2D eigenvalue weighted by atomic mass is 79.9. The lowest BCUT2D eigenvalue weighted by Crippen LogP contribution is -2.10. The maximum atomic E-state index is 12.7. The molecule has 0 radical (unpaired) electrons. The number of hydrogen-bond donors (Lipinski definition) is 0. The fourth-order valence-corrected chi connectivity index (χ4v) is 2.78. The van der Waals surface area contributed by atoms with Crippen LogP contribution in [0.15, 0.2) is 62.4 Å². The van der Waals surface area contributed by atoms with Crippen LogP contribution in [0, 0.1) is 5.92 Å². The molecule has 120 valence electrons. The Morgan fingerprint density at radius 3 is 2.58 bits per heavy atom. The van der Waals surface area contributed by atoms with E-state index in [0.29, 0.717) is 22.3 Å². The van der Waals surface area contributed by atoms with Crippen molar-refractivity contribution in [3.63, 3.8) is 0 Å². The molecule has 0 N–H and O–H groups in total. The molecule has 4 rings (SSSR count). The van der Waals surface area contributed by atoms with Crippen molar-refractivity contribution in [3.8, 4) is 16.9 Å². The first-order valence-corrected chi connectivity index (χ1v) is 8.44. The molecule has 0 spiro atoms. The summed E-state index contributed by atoms with van der Waals surface area (Å²) in [5.41, 5.74) is 1.58. The van der Waals surface area contributed by atoms with Crippen LogP contribution < -0.4 is 10.2 Å². The zero-order valence-electron chi connectivity index (χ0n) is 12.6. The third-order valence-corrected chi connectivity index (χ3v) is 4.56. The van der Waals surface area contributed by atoms with Gasteiger partial charge in [-0.25, -0.2) is 0 Å². The molecule has 1 heterocycles. The molecular formula is C19H13BrO4. The van der Waals surface area contributed by atoms with Crippen molar-refractivity contribution in [2.75, 3.05) is 0 Å². The van der Waals surface area contributed by atoms with E-state index in [1.54, 1.807) is 18.2 Å². The number of fused-ring (bicyclic) bond motifs is 1. The fraction of sp³-hybridized carbons (Fsp3) is 0.158. The third kappa shape index (κ3) is 2.87.